The number of anilines is 1. The van der Waals surface area contributed by atoms with Crippen molar-refractivity contribution in [1.29, 1.82) is 0 Å². The van der Waals surface area contributed by atoms with Crippen LogP contribution in [0.25, 0.3) is 11.4 Å². The van der Waals surface area contributed by atoms with E-state index in [9.17, 15) is 9.18 Å². The van der Waals surface area contributed by atoms with Crippen LogP contribution in [0.1, 0.15) is 25.2 Å². The number of hydrogen-bond donors (Lipinski definition) is 0. The van der Waals surface area contributed by atoms with E-state index in [4.69, 9.17) is 20.9 Å². The first-order valence-electron chi connectivity index (χ1n) is 8.88. The molecule has 4 rings (SSSR count). The molecule has 1 atom stereocenters. The summed E-state index contributed by atoms with van der Waals surface area (Å²) in [4.78, 5) is 18.7. The first-order valence-corrected chi connectivity index (χ1v) is 9.26. The number of carbonyl (C=O) groups excluding carboxylic acids is 1. The SMILES string of the molecule is CCOc1ccccc1N1CC(c2nc(-c3ccc(F)c(Cl)c3)no2)CC1=O. The quantitative estimate of drug-likeness (QED) is 0.631. The van der Waals surface area contributed by atoms with E-state index in [1.54, 1.807) is 4.90 Å². The molecule has 0 bridgehead atoms. The highest BCUT2D eigenvalue weighted by atomic mass is 35.5. The summed E-state index contributed by atoms with van der Waals surface area (Å²) in [6.45, 7) is 2.82. The van der Waals surface area contributed by atoms with Crippen molar-refractivity contribution in [3.8, 4) is 17.1 Å². The molecule has 144 valence electrons. The lowest BCUT2D eigenvalue weighted by atomic mass is 10.1. The first-order chi connectivity index (χ1) is 13.6. The van der Waals surface area contributed by atoms with Gasteiger partial charge in [0, 0.05) is 18.5 Å². The first kappa shape index (κ1) is 18.4. The van der Waals surface area contributed by atoms with Crippen LogP contribution in [0, 0.1) is 5.82 Å². The number of halogens is 2. The number of para-hydroxylation sites is 2. The maximum atomic E-state index is 13.4. The van der Waals surface area contributed by atoms with Gasteiger partial charge in [-0.3, -0.25) is 4.79 Å². The van der Waals surface area contributed by atoms with Gasteiger partial charge in [-0.1, -0.05) is 28.9 Å². The maximum absolute atomic E-state index is 13.4. The second-order valence-corrected chi connectivity index (χ2v) is 6.80. The van der Waals surface area contributed by atoms with Crippen LogP contribution in [0.4, 0.5) is 10.1 Å². The highest BCUT2D eigenvalue weighted by Crippen LogP contribution is 2.36. The normalized spacial score (nSPS) is 16.6. The third-order valence-electron chi connectivity index (χ3n) is 4.55. The second kappa shape index (κ2) is 7.59. The summed E-state index contributed by atoms with van der Waals surface area (Å²) >= 11 is 5.82. The van der Waals surface area contributed by atoms with E-state index < -0.39 is 5.82 Å². The van der Waals surface area contributed by atoms with E-state index in [0.29, 0.717) is 36.2 Å². The van der Waals surface area contributed by atoms with Gasteiger partial charge in [0.05, 0.1) is 23.2 Å². The second-order valence-electron chi connectivity index (χ2n) is 6.39. The summed E-state index contributed by atoms with van der Waals surface area (Å²) in [6, 6.07) is 11.6. The van der Waals surface area contributed by atoms with Crippen LogP contribution >= 0.6 is 11.6 Å². The van der Waals surface area contributed by atoms with Gasteiger partial charge in [0.2, 0.25) is 17.6 Å². The van der Waals surface area contributed by atoms with Gasteiger partial charge in [0.15, 0.2) is 0 Å². The van der Waals surface area contributed by atoms with E-state index in [1.165, 1.54) is 18.2 Å². The zero-order valence-corrected chi connectivity index (χ0v) is 15.8. The molecule has 0 saturated carbocycles. The van der Waals surface area contributed by atoms with E-state index in [2.05, 4.69) is 10.1 Å². The van der Waals surface area contributed by atoms with Crippen LogP contribution in [-0.2, 0) is 4.79 Å². The molecule has 0 N–H and O–H groups in total. The van der Waals surface area contributed by atoms with Crippen LogP contribution < -0.4 is 9.64 Å². The molecule has 1 unspecified atom stereocenters. The van der Waals surface area contributed by atoms with E-state index in [-0.39, 0.29) is 23.3 Å². The van der Waals surface area contributed by atoms with Gasteiger partial charge in [-0.15, -0.1) is 0 Å². The van der Waals surface area contributed by atoms with Crippen molar-refractivity contribution in [2.45, 2.75) is 19.3 Å². The van der Waals surface area contributed by atoms with Crippen molar-refractivity contribution in [1.82, 2.24) is 10.1 Å². The third-order valence-corrected chi connectivity index (χ3v) is 4.84. The molecule has 8 heteroatoms. The van der Waals surface area contributed by atoms with E-state index in [0.717, 1.165) is 5.69 Å². The molecule has 1 saturated heterocycles. The summed E-state index contributed by atoms with van der Waals surface area (Å²) in [5.74, 6) is 0.532. The Kier molecular flexibility index (Phi) is 5.00. The van der Waals surface area contributed by atoms with Crippen LogP contribution in [0.5, 0.6) is 5.75 Å². The van der Waals surface area contributed by atoms with Gasteiger partial charge >= 0.3 is 0 Å². The molecule has 2 aromatic carbocycles. The predicted octanol–water partition coefficient (Wildman–Crippen LogP) is 4.45. The monoisotopic (exact) mass is 401 g/mol. The summed E-state index contributed by atoms with van der Waals surface area (Å²) in [5.41, 5.74) is 1.27. The molecule has 0 aliphatic carbocycles. The molecule has 1 fully saturated rings. The minimum atomic E-state index is -0.515. The van der Waals surface area contributed by atoms with Crippen molar-refractivity contribution in [3.63, 3.8) is 0 Å². The Bertz CT molecular complexity index is 1020. The Morgan fingerprint density at radius 2 is 2.14 bits per heavy atom. The topological polar surface area (TPSA) is 68.5 Å². The number of amides is 1. The molecule has 2 heterocycles. The fourth-order valence-electron chi connectivity index (χ4n) is 3.22. The Morgan fingerprint density at radius 3 is 2.93 bits per heavy atom. The Balaban J connectivity index is 1.57. The third kappa shape index (κ3) is 3.45. The number of rotatable bonds is 5. The smallest absolute Gasteiger partial charge is 0.232 e. The summed E-state index contributed by atoms with van der Waals surface area (Å²) in [6.07, 6.45) is 0.256. The van der Waals surface area contributed by atoms with Gasteiger partial charge in [-0.2, -0.15) is 4.98 Å². The molecule has 1 amide bonds. The summed E-state index contributed by atoms with van der Waals surface area (Å²) in [5, 5.41) is 3.93. The zero-order valence-electron chi connectivity index (χ0n) is 15.1. The van der Waals surface area contributed by atoms with E-state index >= 15 is 0 Å². The highest BCUT2D eigenvalue weighted by Gasteiger charge is 2.36. The minimum Gasteiger partial charge on any atom is -0.492 e. The highest BCUT2D eigenvalue weighted by molar-refractivity contribution is 6.31. The van der Waals surface area contributed by atoms with Gasteiger partial charge in [-0.25, -0.2) is 4.39 Å². The lowest BCUT2D eigenvalue weighted by molar-refractivity contribution is -0.117. The minimum absolute atomic E-state index is 0.0152. The van der Waals surface area contributed by atoms with E-state index in [1.807, 2.05) is 31.2 Å². The standard InChI is InChI=1S/C20H17ClFN3O3/c1-2-27-17-6-4-3-5-16(17)25-11-13(10-18(25)26)20-23-19(24-28-20)12-7-8-15(22)14(21)9-12/h3-9,13H,2,10-11H2,1H3. The average Bonchev–Trinajstić information content (AvgIpc) is 3.32. The van der Waals surface area contributed by atoms with Crippen LogP contribution in [0.2, 0.25) is 5.02 Å². The van der Waals surface area contributed by atoms with Crippen LogP contribution in [0.3, 0.4) is 0 Å². The van der Waals surface area contributed by atoms with Gasteiger partial charge in [0.1, 0.15) is 11.6 Å². The van der Waals surface area contributed by atoms with Crippen molar-refractivity contribution in [2.75, 3.05) is 18.1 Å². The molecule has 3 aromatic rings. The number of benzene rings is 2. The fourth-order valence-corrected chi connectivity index (χ4v) is 3.40. The van der Waals surface area contributed by atoms with Crippen molar-refractivity contribution >= 4 is 23.2 Å². The number of ether oxygens (including phenoxy) is 1. The fraction of sp³-hybridized carbons (Fsp3) is 0.250. The van der Waals surface area contributed by atoms with Crippen LogP contribution in [-0.4, -0.2) is 29.2 Å². The number of carbonyl (C=O) groups is 1. The molecular weight excluding hydrogens is 385 g/mol. The van der Waals surface area contributed by atoms with Crippen molar-refractivity contribution in [2.24, 2.45) is 0 Å². The van der Waals surface area contributed by atoms with Crippen molar-refractivity contribution < 1.29 is 18.4 Å². The average molecular weight is 402 g/mol. The Hall–Kier alpha value is -2.93. The summed E-state index contributed by atoms with van der Waals surface area (Å²) < 4.78 is 24.4. The lowest BCUT2D eigenvalue weighted by Gasteiger charge is -2.19. The number of hydrogen-bond acceptors (Lipinski definition) is 5. The molecule has 1 aliphatic heterocycles. The predicted molar refractivity (Wildman–Crippen MR) is 102 cm³/mol. The Labute approximate surface area is 165 Å². The zero-order chi connectivity index (χ0) is 19.7. The molecule has 28 heavy (non-hydrogen) atoms. The van der Waals surface area contributed by atoms with Gasteiger partial charge in [0.25, 0.3) is 0 Å². The molecular formula is C20H17ClFN3O3. The molecule has 1 aromatic heterocycles. The summed E-state index contributed by atoms with van der Waals surface area (Å²) in [7, 11) is 0. The lowest BCUT2D eigenvalue weighted by Crippen LogP contribution is -2.25. The largest absolute Gasteiger partial charge is 0.492 e. The molecule has 6 nitrogen and oxygen atoms in total. The maximum Gasteiger partial charge on any atom is 0.232 e. The Morgan fingerprint density at radius 1 is 1.32 bits per heavy atom. The van der Waals surface area contributed by atoms with Crippen LogP contribution in [0.15, 0.2) is 47.0 Å². The van der Waals surface area contributed by atoms with Gasteiger partial charge < -0.3 is 14.2 Å². The number of aromatic nitrogens is 2. The number of nitrogens with zero attached hydrogens (tertiary/aromatic N) is 3. The van der Waals surface area contributed by atoms with Crippen molar-refractivity contribution in [3.05, 3.63) is 59.2 Å². The molecule has 0 radical (unpaired) electrons. The molecule has 0 spiro atoms. The molecule has 1 aliphatic rings. The van der Waals surface area contributed by atoms with Gasteiger partial charge in [-0.05, 0) is 37.3 Å².